The number of hydrogen-bond acceptors (Lipinski definition) is 7. The average Bonchev–Trinajstić information content (AvgIpc) is 3.30. The van der Waals surface area contributed by atoms with Crippen molar-refractivity contribution in [2.75, 3.05) is 19.7 Å². The fraction of sp³-hybridized carbons (Fsp3) is 0.375. The Labute approximate surface area is 242 Å². The first-order chi connectivity index (χ1) is 20.3. The van der Waals surface area contributed by atoms with Crippen molar-refractivity contribution in [2.24, 2.45) is 0 Å². The van der Waals surface area contributed by atoms with E-state index in [2.05, 4.69) is 9.47 Å². The van der Waals surface area contributed by atoms with Gasteiger partial charge in [0, 0.05) is 35.4 Å². The number of piperidine rings is 1. The molecular weight excluding hydrogens is 539 g/mol. The summed E-state index contributed by atoms with van der Waals surface area (Å²) in [6.45, 7) is 5.25. The molecule has 0 radical (unpaired) electrons. The van der Waals surface area contributed by atoms with E-state index in [1.54, 1.807) is 24.3 Å². The first-order valence-corrected chi connectivity index (χ1v) is 14.3. The number of carbonyl (C=O) groups excluding carboxylic acids is 1. The molecule has 2 fully saturated rings. The Hall–Kier alpha value is -4.15. The third-order valence-corrected chi connectivity index (χ3v) is 8.20. The van der Waals surface area contributed by atoms with E-state index in [1.807, 2.05) is 12.1 Å². The molecule has 9 nitrogen and oxygen atoms in total. The molecule has 0 aliphatic carbocycles. The van der Waals surface area contributed by atoms with Crippen molar-refractivity contribution in [1.82, 2.24) is 19.4 Å². The molecule has 4 heterocycles. The molecule has 2 aromatic carbocycles. The van der Waals surface area contributed by atoms with Crippen molar-refractivity contribution in [2.45, 2.75) is 57.9 Å². The van der Waals surface area contributed by atoms with Crippen LogP contribution in [0.3, 0.4) is 0 Å². The second kappa shape index (κ2) is 12.0. The third kappa shape index (κ3) is 6.05. The SMILES string of the molecule is CC(=O)c1ccc(F)c(COc2cccc(C3CCN(Cc4nc5ccc(C(=O)O)cc5n4C[C@@H]4CCO4)CC3)n2)c1. The minimum atomic E-state index is -0.953. The topological polar surface area (TPSA) is 107 Å². The highest BCUT2D eigenvalue weighted by Gasteiger charge is 2.26. The number of Topliss-reactive ketones (excluding diaryl/α,β-unsaturated/α-hetero) is 1. The molecule has 218 valence electrons. The zero-order valence-electron chi connectivity index (χ0n) is 23.5. The summed E-state index contributed by atoms with van der Waals surface area (Å²) in [6, 6.07) is 15.0. The maximum absolute atomic E-state index is 14.3. The Morgan fingerprint density at radius 1 is 1.05 bits per heavy atom. The summed E-state index contributed by atoms with van der Waals surface area (Å²) in [7, 11) is 0. The predicted octanol–water partition coefficient (Wildman–Crippen LogP) is 5.22. The van der Waals surface area contributed by atoms with Gasteiger partial charge in [-0.25, -0.2) is 19.2 Å². The van der Waals surface area contributed by atoms with Crippen molar-refractivity contribution in [3.8, 4) is 5.88 Å². The summed E-state index contributed by atoms with van der Waals surface area (Å²) < 4.78 is 27.9. The van der Waals surface area contributed by atoms with Crippen LogP contribution in [0.4, 0.5) is 4.39 Å². The summed E-state index contributed by atoms with van der Waals surface area (Å²) >= 11 is 0. The number of imidazole rings is 1. The van der Waals surface area contributed by atoms with Gasteiger partial charge >= 0.3 is 5.97 Å². The van der Waals surface area contributed by atoms with Crippen molar-refractivity contribution in [3.05, 3.63) is 88.6 Å². The van der Waals surface area contributed by atoms with E-state index in [9.17, 15) is 19.1 Å². The molecule has 2 aliphatic rings. The summed E-state index contributed by atoms with van der Waals surface area (Å²) in [6.07, 6.45) is 2.94. The molecule has 0 bridgehead atoms. The van der Waals surface area contributed by atoms with Crippen molar-refractivity contribution < 1.29 is 28.6 Å². The highest BCUT2D eigenvalue weighted by molar-refractivity contribution is 5.94. The Balaban J connectivity index is 1.10. The van der Waals surface area contributed by atoms with Crippen LogP contribution >= 0.6 is 0 Å². The number of halogens is 1. The molecule has 0 unspecified atom stereocenters. The van der Waals surface area contributed by atoms with Crippen LogP contribution in [0.25, 0.3) is 11.0 Å². The van der Waals surface area contributed by atoms with Gasteiger partial charge in [0.15, 0.2) is 5.78 Å². The fourth-order valence-electron chi connectivity index (χ4n) is 5.64. The van der Waals surface area contributed by atoms with Crippen LogP contribution in [0, 0.1) is 5.82 Å². The molecule has 2 aromatic heterocycles. The number of rotatable bonds is 10. The summed E-state index contributed by atoms with van der Waals surface area (Å²) in [4.78, 5) is 35.2. The van der Waals surface area contributed by atoms with Gasteiger partial charge in [0.2, 0.25) is 5.88 Å². The maximum Gasteiger partial charge on any atom is 0.335 e. The monoisotopic (exact) mass is 572 g/mol. The zero-order chi connectivity index (χ0) is 29.2. The van der Waals surface area contributed by atoms with Crippen LogP contribution in [0.2, 0.25) is 0 Å². The number of ketones is 1. The number of aromatic nitrogens is 3. The van der Waals surface area contributed by atoms with Gasteiger partial charge in [-0.3, -0.25) is 9.69 Å². The van der Waals surface area contributed by atoms with E-state index in [4.69, 9.17) is 19.4 Å². The molecule has 6 rings (SSSR count). The van der Waals surface area contributed by atoms with Gasteiger partial charge in [-0.15, -0.1) is 0 Å². The molecule has 10 heteroatoms. The Bertz CT molecular complexity index is 1620. The summed E-state index contributed by atoms with van der Waals surface area (Å²) in [5, 5.41) is 9.50. The van der Waals surface area contributed by atoms with Crippen LogP contribution in [-0.4, -0.2) is 62.1 Å². The zero-order valence-corrected chi connectivity index (χ0v) is 23.5. The van der Waals surface area contributed by atoms with Gasteiger partial charge in [-0.1, -0.05) is 6.07 Å². The lowest BCUT2D eigenvalue weighted by Crippen LogP contribution is -2.35. The van der Waals surface area contributed by atoms with Crippen molar-refractivity contribution in [3.63, 3.8) is 0 Å². The van der Waals surface area contributed by atoms with Gasteiger partial charge in [0.1, 0.15) is 18.2 Å². The second-order valence-corrected chi connectivity index (χ2v) is 11.0. The lowest BCUT2D eigenvalue weighted by Gasteiger charge is -2.32. The van der Waals surface area contributed by atoms with Crippen LogP contribution < -0.4 is 4.74 Å². The van der Waals surface area contributed by atoms with Gasteiger partial charge in [0.25, 0.3) is 0 Å². The number of aromatic carboxylic acids is 1. The molecular formula is C32H33FN4O5. The number of fused-ring (bicyclic) bond motifs is 1. The molecule has 0 amide bonds. The van der Waals surface area contributed by atoms with E-state index in [-0.39, 0.29) is 30.0 Å². The van der Waals surface area contributed by atoms with Crippen molar-refractivity contribution in [1.29, 1.82) is 0 Å². The second-order valence-electron chi connectivity index (χ2n) is 11.0. The molecule has 42 heavy (non-hydrogen) atoms. The van der Waals surface area contributed by atoms with Crippen LogP contribution in [0.5, 0.6) is 5.88 Å². The molecule has 1 N–H and O–H groups in total. The number of ether oxygens (including phenoxy) is 2. The molecule has 0 saturated carbocycles. The quantitative estimate of drug-likeness (QED) is 0.258. The predicted molar refractivity (Wildman–Crippen MR) is 153 cm³/mol. The molecule has 1 atom stereocenters. The summed E-state index contributed by atoms with van der Waals surface area (Å²) in [5.74, 6) is 0.110. The standard InChI is InChI=1S/C32H33FN4O5/c1-20(38)22-5-7-26(33)24(15-22)19-42-31-4-2-3-27(35-31)21-9-12-36(13-10-21)18-30-34-28-8-6-23(32(39)40)16-29(28)37(30)17-25-11-14-41-25/h2-8,15-16,21,25H,9-14,17-19H2,1H3,(H,39,40)/t25-/m0/s1. The van der Waals surface area contributed by atoms with Crippen LogP contribution in [-0.2, 0) is 24.4 Å². The molecule has 2 aliphatic heterocycles. The first-order valence-electron chi connectivity index (χ1n) is 14.3. The number of carboxylic acids is 1. The van der Waals surface area contributed by atoms with E-state index >= 15 is 0 Å². The van der Waals surface area contributed by atoms with Gasteiger partial charge in [-0.2, -0.15) is 0 Å². The number of hydrogen-bond donors (Lipinski definition) is 1. The van der Waals surface area contributed by atoms with Gasteiger partial charge in [-0.05, 0) is 81.7 Å². The molecule has 2 saturated heterocycles. The van der Waals surface area contributed by atoms with E-state index in [1.165, 1.54) is 25.1 Å². The number of benzene rings is 2. The van der Waals surface area contributed by atoms with E-state index < -0.39 is 11.8 Å². The van der Waals surface area contributed by atoms with Crippen LogP contribution in [0.1, 0.15) is 69.9 Å². The largest absolute Gasteiger partial charge is 0.478 e. The van der Waals surface area contributed by atoms with Crippen molar-refractivity contribution >= 4 is 22.8 Å². The van der Waals surface area contributed by atoms with E-state index in [0.29, 0.717) is 30.1 Å². The highest BCUT2D eigenvalue weighted by atomic mass is 19.1. The normalized spacial score (nSPS) is 17.7. The first kappa shape index (κ1) is 28.0. The Morgan fingerprint density at radius 2 is 1.83 bits per heavy atom. The summed E-state index contributed by atoms with van der Waals surface area (Å²) in [5.41, 5.74) is 3.57. The van der Waals surface area contributed by atoms with E-state index in [0.717, 1.165) is 61.5 Å². The minimum Gasteiger partial charge on any atom is -0.478 e. The fourth-order valence-corrected chi connectivity index (χ4v) is 5.64. The average molecular weight is 573 g/mol. The number of likely N-dealkylation sites (tertiary alicyclic amines) is 1. The molecule has 0 spiro atoms. The number of nitrogens with zero attached hydrogens (tertiary/aromatic N) is 4. The smallest absolute Gasteiger partial charge is 0.335 e. The maximum atomic E-state index is 14.3. The van der Waals surface area contributed by atoms with Gasteiger partial charge < -0.3 is 19.1 Å². The molecule has 4 aromatic rings. The number of carbonyl (C=O) groups is 2. The van der Waals surface area contributed by atoms with Crippen LogP contribution in [0.15, 0.2) is 54.6 Å². The lowest BCUT2D eigenvalue weighted by molar-refractivity contribution is -0.0592. The Kier molecular flexibility index (Phi) is 7.99. The number of carboxylic acid groups (broad SMARTS) is 1. The third-order valence-electron chi connectivity index (χ3n) is 8.20. The lowest BCUT2D eigenvalue weighted by atomic mass is 9.93. The number of pyridine rings is 1. The highest BCUT2D eigenvalue weighted by Crippen LogP contribution is 2.30. The van der Waals surface area contributed by atoms with Gasteiger partial charge in [0.05, 0.1) is 35.8 Å². The minimum absolute atomic E-state index is 0.0112. The Morgan fingerprint density at radius 3 is 2.55 bits per heavy atom.